The molecule has 0 unspecified atom stereocenters. The van der Waals surface area contributed by atoms with Crippen molar-refractivity contribution in [2.45, 2.75) is 20.3 Å². The average Bonchev–Trinajstić information content (AvgIpc) is 2.56. The van der Waals surface area contributed by atoms with E-state index >= 15 is 0 Å². The number of nitrogens with zero attached hydrogens (tertiary/aromatic N) is 3. The number of halogens is 1. The first-order valence-electron chi connectivity index (χ1n) is 7.11. The van der Waals surface area contributed by atoms with Gasteiger partial charge in [0.15, 0.2) is 0 Å². The van der Waals surface area contributed by atoms with Gasteiger partial charge in [0.2, 0.25) is 5.91 Å². The fourth-order valence-corrected chi connectivity index (χ4v) is 2.08. The highest BCUT2D eigenvalue weighted by Crippen LogP contribution is 2.19. The Kier molecular flexibility index (Phi) is 5.97. The van der Waals surface area contributed by atoms with Crippen LogP contribution in [-0.4, -0.2) is 27.5 Å². The molecule has 0 saturated carbocycles. The number of anilines is 1. The number of carbonyl (C=O) groups is 2. The second kappa shape index (κ2) is 8.16. The van der Waals surface area contributed by atoms with Gasteiger partial charge in [-0.2, -0.15) is 5.10 Å². The van der Waals surface area contributed by atoms with E-state index in [0.717, 1.165) is 5.56 Å². The van der Waals surface area contributed by atoms with Crippen LogP contribution in [0.1, 0.15) is 29.4 Å². The van der Waals surface area contributed by atoms with Crippen molar-refractivity contribution in [3.63, 3.8) is 0 Å². The van der Waals surface area contributed by atoms with E-state index in [-0.39, 0.29) is 18.0 Å². The van der Waals surface area contributed by atoms with E-state index in [1.54, 1.807) is 25.1 Å². The number of hydrogen-bond donors (Lipinski definition) is 2. The quantitative estimate of drug-likeness (QED) is 0.643. The van der Waals surface area contributed by atoms with E-state index < -0.39 is 5.91 Å². The lowest BCUT2D eigenvalue weighted by molar-refractivity contribution is -0.115. The third kappa shape index (κ3) is 5.13. The summed E-state index contributed by atoms with van der Waals surface area (Å²) in [5.41, 5.74) is 4.48. The van der Waals surface area contributed by atoms with Crippen molar-refractivity contribution in [3.8, 4) is 0 Å². The molecule has 0 saturated heterocycles. The molecule has 8 heteroatoms. The van der Waals surface area contributed by atoms with Crippen LogP contribution in [-0.2, 0) is 4.79 Å². The maximum absolute atomic E-state index is 12.0. The van der Waals surface area contributed by atoms with Gasteiger partial charge in [-0.25, -0.2) is 10.4 Å². The fraction of sp³-hybridized carbons (Fsp3) is 0.188. The number of carbonyl (C=O) groups excluding carboxylic acids is 2. The van der Waals surface area contributed by atoms with Gasteiger partial charge in [-0.1, -0.05) is 11.6 Å². The van der Waals surface area contributed by atoms with E-state index in [0.29, 0.717) is 16.4 Å². The van der Waals surface area contributed by atoms with Crippen molar-refractivity contribution in [1.82, 2.24) is 15.4 Å². The summed E-state index contributed by atoms with van der Waals surface area (Å²) >= 11 is 5.88. The number of amides is 2. The highest BCUT2D eigenvalue weighted by atomic mass is 35.5. The lowest BCUT2D eigenvalue weighted by atomic mass is 10.2. The number of rotatable bonds is 5. The monoisotopic (exact) mass is 345 g/mol. The molecule has 0 fully saturated rings. The molecular formula is C16H16ClN5O2. The number of hydrogen-bond acceptors (Lipinski definition) is 5. The van der Waals surface area contributed by atoms with Crippen molar-refractivity contribution in [2.75, 3.05) is 5.32 Å². The second-order valence-corrected chi connectivity index (χ2v) is 5.50. The third-order valence-corrected chi connectivity index (χ3v) is 3.26. The first-order chi connectivity index (χ1) is 11.5. The van der Waals surface area contributed by atoms with E-state index in [1.807, 2.05) is 6.92 Å². The zero-order valence-corrected chi connectivity index (χ0v) is 14.0. The molecule has 2 amide bonds. The Morgan fingerprint density at radius 1 is 1.29 bits per heavy atom. The topological polar surface area (TPSA) is 96.3 Å². The van der Waals surface area contributed by atoms with Crippen molar-refractivity contribution in [3.05, 3.63) is 53.1 Å². The van der Waals surface area contributed by atoms with Gasteiger partial charge in [0.25, 0.3) is 5.91 Å². The standard InChI is InChI=1S/C16H16ClN5O2/c1-10-7-12(17)3-4-13(10)20-15(23)8-11(2)21-22-16(24)14-9-18-5-6-19-14/h3-7,9H,8H2,1-2H3,(H,20,23)(H,22,24). The van der Waals surface area contributed by atoms with Crippen LogP contribution in [0.3, 0.4) is 0 Å². The van der Waals surface area contributed by atoms with Gasteiger partial charge in [-0.15, -0.1) is 0 Å². The summed E-state index contributed by atoms with van der Waals surface area (Å²) in [7, 11) is 0. The van der Waals surface area contributed by atoms with Crippen molar-refractivity contribution >= 4 is 34.8 Å². The zero-order chi connectivity index (χ0) is 17.5. The van der Waals surface area contributed by atoms with Gasteiger partial charge < -0.3 is 5.32 Å². The van der Waals surface area contributed by atoms with Crippen LogP contribution in [0, 0.1) is 6.92 Å². The van der Waals surface area contributed by atoms with Gasteiger partial charge in [-0.05, 0) is 37.6 Å². The molecule has 2 rings (SSSR count). The normalized spacial score (nSPS) is 11.0. The molecule has 0 atom stereocenters. The molecule has 2 aromatic rings. The third-order valence-electron chi connectivity index (χ3n) is 3.02. The van der Waals surface area contributed by atoms with Crippen molar-refractivity contribution < 1.29 is 9.59 Å². The lowest BCUT2D eigenvalue weighted by Gasteiger charge is -2.08. The predicted molar refractivity (Wildman–Crippen MR) is 92.0 cm³/mol. The molecule has 0 aliphatic heterocycles. The molecule has 0 radical (unpaired) electrons. The maximum Gasteiger partial charge on any atom is 0.291 e. The Balaban J connectivity index is 1.90. The van der Waals surface area contributed by atoms with Gasteiger partial charge in [0, 0.05) is 28.8 Å². The van der Waals surface area contributed by atoms with Gasteiger partial charge in [0.1, 0.15) is 5.69 Å². The smallest absolute Gasteiger partial charge is 0.291 e. The number of nitrogens with one attached hydrogen (secondary N) is 2. The molecule has 0 spiro atoms. The Morgan fingerprint density at radius 3 is 2.75 bits per heavy atom. The van der Waals surface area contributed by atoms with Crippen LogP contribution >= 0.6 is 11.6 Å². The summed E-state index contributed by atoms with van der Waals surface area (Å²) in [6.07, 6.45) is 4.25. The Labute approximate surface area is 144 Å². The van der Waals surface area contributed by atoms with E-state index in [2.05, 4.69) is 25.8 Å². The molecule has 124 valence electrons. The summed E-state index contributed by atoms with van der Waals surface area (Å²) in [6.45, 7) is 3.49. The number of aromatic nitrogens is 2. The summed E-state index contributed by atoms with van der Waals surface area (Å²) < 4.78 is 0. The molecule has 1 aromatic carbocycles. The summed E-state index contributed by atoms with van der Waals surface area (Å²) in [4.78, 5) is 31.4. The van der Waals surface area contributed by atoms with E-state index in [1.165, 1.54) is 18.6 Å². The van der Waals surface area contributed by atoms with Crippen LogP contribution < -0.4 is 10.7 Å². The lowest BCUT2D eigenvalue weighted by Crippen LogP contribution is -2.22. The fourth-order valence-electron chi connectivity index (χ4n) is 1.85. The minimum absolute atomic E-state index is 0.0445. The molecule has 7 nitrogen and oxygen atoms in total. The van der Waals surface area contributed by atoms with Crippen LogP contribution in [0.2, 0.25) is 5.02 Å². The van der Waals surface area contributed by atoms with Crippen LogP contribution in [0.25, 0.3) is 0 Å². The highest BCUT2D eigenvalue weighted by Gasteiger charge is 2.09. The molecule has 1 heterocycles. The van der Waals surface area contributed by atoms with E-state index in [4.69, 9.17) is 11.6 Å². The number of benzene rings is 1. The maximum atomic E-state index is 12.0. The minimum atomic E-state index is -0.489. The zero-order valence-electron chi connectivity index (χ0n) is 13.2. The molecule has 2 N–H and O–H groups in total. The minimum Gasteiger partial charge on any atom is -0.326 e. The van der Waals surface area contributed by atoms with Gasteiger partial charge in [-0.3, -0.25) is 14.6 Å². The average molecular weight is 346 g/mol. The molecule has 0 aliphatic rings. The highest BCUT2D eigenvalue weighted by molar-refractivity contribution is 6.30. The van der Waals surface area contributed by atoms with Crippen molar-refractivity contribution in [2.24, 2.45) is 5.10 Å². The van der Waals surface area contributed by atoms with Crippen LogP contribution in [0.5, 0.6) is 0 Å². The van der Waals surface area contributed by atoms with Gasteiger partial charge >= 0.3 is 0 Å². The SMILES string of the molecule is CC(CC(=O)Nc1ccc(Cl)cc1C)=NNC(=O)c1cnccn1. The largest absolute Gasteiger partial charge is 0.326 e. The van der Waals surface area contributed by atoms with Crippen LogP contribution in [0.15, 0.2) is 41.9 Å². The van der Waals surface area contributed by atoms with Crippen LogP contribution in [0.4, 0.5) is 5.69 Å². The summed E-state index contributed by atoms with van der Waals surface area (Å²) in [6, 6.07) is 5.20. The molecule has 0 bridgehead atoms. The van der Waals surface area contributed by atoms with E-state index in [9.17, 15) is 9.59 Å². The first-order valence-corrected chi connectivity index (χ1v) is 7.49. The molecular weight excluding hydrogens is 330 g/mol. The second-order valence-electron chi connectivity index (χ2n) is 5.06. The Bertz CT molecular complexity index is 777. The first kappa shape index (κ1) is 17.6. The Hall–Kier alpha value is -2.80. The summed E-state index contributed by atoms with van der Waals surface area (Å²) in [5, 5.41) is 7.27. The number of hydrazone groups is 1. The predicted octanol–water partition coefficient (Wildman–Crippen LogP) is 2.57. The van der Waals surface area contributed by atoms with Crippen molar-refractivity contribution in [1.29, 1.82) is 0 Å². The Morgan fingerprint density at radius 2 is 2.08 bits per heavy atom. The van der Waals surface area contributed by atoms with Gasteiger partial charge in [0.05, 0.1) is 12.6 Å². The molecule has 1 aromatic heterocycles. The molecule has 0 aliphatic carbocycles. The molecule has 24 heavy (non-hydrogen) atoms. The number of aryl methyl sites for hydroxylation is 1. The summed E-state index contributed by atoms with van der Waals surface area (Å²) in [5.74, 6) is -0.730.